The number of hydrogen-bond donors (Lipinski definition) is 1. The first-order valence-corrected chi connectivity index (χ1v) is 8.81. The number of aromatic nitrogens is 1. The largest absolute Gasteiger partial charge is 0.346 e. The molecule has 2 N–H and O–H groups in total. The van der Waals surface area contributed by atoms with Gasteiger partial charge < -0.3 is 10.6 Å². The zero-order valence-corrected chi connectivity index (χ0v) is 13.0. The molecule has 0 radical (unpaired) electrons. The summed E-state index contributed by atoms with van der Waals surface area (Å²) in [6.45, 7) is 6.72. The van der Waals surface area contributed by atoms with Gasteiger partial charge in [0.1, 0.15) is 0 Å². The van der Waals surface area contributed by atoms with Gasteiger partial charge in [-0.2, -0.15) is 0 Å². The van der Waals surface area contributed by atoms with E-state index in [-0.39, 0.29) is 0 Å². The van der Waals surface area contributed by atoms with Gasteiger partial charge in [0.15, 0.2) is 5.13 Å². The lowest BCUT2D eigenvalue weighted by Crippen LogP contribution is -2.49. The van der Waals surface area contributed by atoms with E-state index >= 15 is 0 Å². The molecule has 5 heteroatoms. The Hall–Kier alpha value is -0.650. The van der Waals surface area contributed by atoms with Crippen molar-refractivity contribution in [3.8, 4) is 0 Å². The van der Waals surface area contributed by atoms with Crippen molar-refractivity contribution in [3.05, 3.63) is 11.6 Å². The Bertz CT molecular complexity index is 387. The molecule has 1 saturated carbocycles. The van der Waals surface area contributed by atoms with Crippen LogP contribution in [0.3, 0.4) is 0 Å². The van der Waals surface area contributed by atoms with E-state index in [0.29, 0.717) is 0 Å². The Morgan fingerprint density at radius 1 is 1.15 bits per heavy atom. The van der Waals surface area contributed by atoms with E-state index in [4.69, 9.17) is 5.73 Å². The molecule has 0 spiro atoms. The van der Waals surface area contributed by atoms with Gasteiger partial charge in [0.25, 0.3) is 0 Å². The van der Waals surface area contributed by atoms with Crippen molar-refractivity contribution in [3.63, 3.8) is 0 Å². The molecule has 20 heavy (non-hydrogen) atoms. The van der Waals surface area contributed by atoms with Crippen molar-refractivity contribution in [1.82, 2.24) is 9.88 Å². The van der Waals surface area contributed by atoms with Crippen LogP contribution in [-0.4, -0.2) is 49.2 Å². The van der Waals surface area contributed by atoms with Crippen LogP contribution in [0.4, 0.5) is 5.13 Å². The van der Waals surface area contributed by atoms with Gasteiger partial charge in [-0.05, 0) is 31.2 Å². The highest BCUT2D eigenvalue weighted by molar-refractivity contribution is 7.13. The second-order valence-corrected chi connectivity index (χ2v) is 7.02. The Labute approximate surface area is 126 Å². The van der Waals surface area contributed by atoms with Gasteiger partial charge >= 0.3 is 0 Å². The summed E-state index contributed by atoms with van der Waals surface area (Å²) in [7, 11) is 0. The first-order chi connectivity index (χ1) is 9.86. The van der Waals surface area contributed by atoms with E-state index in [9.17, 15) is 0 Å². The predicted molar refractivity (Wildman–Crippen MR) is 85.3 cm³/mol. The predicted octanol–water partition coefficient (Wildman–Crippen LogP) is 2.03. The van der Waals surface area contributed by atoms with Crippen LogP contribution in [0.5, 0.6) is 0 Å². The highest BCUT2D eigenvalue weighted by Crippen LogP contribution is 2.30. The monoisotopic (exact) mass is 294 g/mol. The van der Waals surface area contributed by atoms with Gasteiger partial charge in [0.05, 0.1) is 0 Å². The van der Waals surface area contributed by atoms with Gasteiger partial charge in [-0.25, -0.2) is 4.98 Å². The molecule has 2 heterocycles. The van der Waals surface area contributed by atoms with Crippen LogP contribution in [-0.2, 0) is 0 Å². The number of hydrogen-bond acceptors (Lipinski definition) is 5. The van der Waals surface area contributed by atoms with Gasteiger partial charge in [-0.1, -0.05) is 12.8 Å². The lowest BCUT2D eigenvalue weighted by molar-refractivity contribution is 0.149. The third kappa shape index (κ3) is 3.32. The molecule has 4 nitrogen and oxygen atoms in total. The Morgan fingerprint density at radius 3 is 2.55 bits per heavy atom. The highest BCUT2D eigenvalue weighted by Gasteiger charge is 2.27. The van der Waals surface area contributed by atoms with Crippen molar-refractivity contribution < 1.29 is 0 Å². The molecule has 2 atom stereocenters. The average molecular weight is 294 g/mol. The fraction of sp³-hybridized carbons (Fsp3) is 0.800. The SMILES string of the molecule is NCC1CCCCC1CN1CCN(c2nccs2)CC1. The highest BCUT2D eigenvalue weighted by atomic mass is 32.1. The molecule has 0 bridgehead atoms. The number of thiazole rings is 1. The van der Waals surface area contributed by atoms with Crippen LogP contribution in [0, 0.1) is 11.8 Å². The summed E-state index contributed by atoms with van der Waals surface area (Å²) >= 11 is 1.75. The van der Waals surface area contributed by atoms with E-state index in [1.54, 1.807) is 11.3 Å². The summed E-state index contributed by atoms with van der Waals surface area (Å²) in [6.07, 6.45) is 7.42. The normalized spacial score (nSPS) is 28.8. The van der Waals surface area contributed by atoms with E-state index in [1.165, 1.54) is 50.4 Å². The second kappa shape index (κ2) is 6.87. The van der Waals surface area contributed by atoms with Crippen LogP contribution in [0.25, 0.3) is 0 Å². The summed E-state index contributed by atoms with van der Waals surface area (Å²) in [5.41, 5.74) is 5.95. The molecule has 0 aromatic carbocycles. The number of anilines is 1. The standard InChI is InChI=1S/C15H26N4S/c16-11-13-3-1-2-4-14(13)12-18-6-8-19(9-7-18)15-17-5-10-20-15/h5,10,13-14H,1-4,6-9,11-12,16H2. The molecule has 2 unspecified atom stereocenters. The van der Waals surface area contributed by atoms with Crippen molar-refractivity contribution >= 4 is 16.5 Å². The van der Waals surface area contributed by atoms with Crippen LogP contribution in [0.1, 0.15) is 25.7 Å². The third-order valence-electron chi connectivity index (χ3n) is 4.92. The molecule has 1 aromatic rings. The number of piperazine rings is 1. The summed E-state index contributed by atoms with van der Waals surface area (Å²) in [5, 5.41) is 3.25. The van der Waals surface area contributed by atoms with Crippen LogP contribution >= 0.6 is 11.3 Å². The molecule has 1 aliphatic carbocycles. The minimum atomic E-state index is 0.765. The molecule has 112 valence electrons. The van der Waals surface area contributed by atoms with Crippen LogP contribution < -0.4 is 10.6 Å². The molecule has 1 aromatic heterocycles. The quantitative estimate of drug-likeness (QED) is 0.923. The lowest BCUT2D eigenvalue weighted by atomic mass is 9.79. The number of nitrogens with zero attached hydrogens (tertiary/aromatic N) is 3. The van der Waals surface area contributed by atoms with Gasteiger partial charge in [-0.15, -0.1) is 11.3 Å². The van der Waals surface area contributed by atoms with Crippen LogP contribution in [0.15, 0.2) is 11.6 Å². The number of nitrogens with two attached hydrogens (primary N) is 1. The molecule has 2 aliphatic rings. The van der Waals surface area contributed by atoms with Gasteiger partial charge in [-0.3, -0.25) is 4.90 Å². The summed E-state index contributed by atoms with van der Waals surface area (Å²) in [5.74, 6) is 1.60. The lowest BCUT2D eigenvalue weighted by Gasteiger charge is -2.39. The minimum absolute atomic E-state index is 0.765. The fourth-order valence-electron chi connectivity index (χ4n) is 3.66. The van der Waals surface area contributed by atoms with E-state index in [0.717, 1.165) is 31.5 Å². The first-order valence-electron chi connectivity index (χ1n) is 7.93. The van der Waals surface area contributed by atoms with Crippen LogP contribution in [0.2, 0.25) is 0 Å². The Kier molecular flexibility index (Phi) is 4.91. The first kappa shape index (κ1) is 14.3. The summed E-state index contributed by atoms with van der Waals surface area (Å²) in [6, 6.07) is 0. The zero-order valence-electron chi connectivity index (χ0n) is 12.2. The van der Waals surface area contributed by atoms with Crippen molar-refractivity contribution in [1.29, 1.82) is 0 Å². The van der Waals surface area contributed by atoms with Crippen molar-refractivity contribution in [2.24, 2.45) is 17.6 Å². The molecule has 0 amide bonds. The van der Waals surface area contributed by atoms with Gasteiger partial charge in [0, 0.05) is 44.3 Å². The Morgan fingerprint density at radius 2 is 1.90 bits per heavy atom. The maximum absolute atomic E-state index is 5.95. The zero-order chi connectivity index (χ0) is 13.8. The smallest absolute Gasteiger partial charge is 0.185 e. The summed E-state index contributed by atoms with van der Waals surface area (Å²) in [4.78, 5) is 9.48. The maximum atomic E-state index is 5.95. The minimum Gasteiger partial charge on any atom is -0.346 e. The molecule has 1 saturated heterocycles. The molecule has 1 aliphatic heterocycles. The topological polar surface area (TPSA) is 45.4 Å². The van der Waals surface area contributed by atoms with Crippen molar-refractivity contribution in [2.45, 2.75) is 25.7 Å². The fourth-order valence-corrected chi connectivity index (χ4v) is 4.36. The molecular formula is C15H26N4S. The van der Waals surface area contributed by atoms with E-state index in [2.05, 4.69) is 20.2 Å². The maximum Gasteiger partial charge on any atom is 0.185 e. The molecule has 2 fully saturated rings. The number of rotatable bonds is 4. The van der Waals surface area contributed by atoms with Crippen molar-refractivity contribution in [2.75, 3.05) is 44.2 Å². The van der Waals surface area contributed by atoms with Gasteiger partial charge in [0.2, 0.25) is 0 Å². The van der Waals surface area contributed by atoms with E-state index in [1.807, 2.05) is 6.20 Å². The molecule has 3 rings (SSSR count). The summed E-state index contributed by atoms with van der Waals surface area (Å²) < 4.78 is 0. The average Bonchev–Trinajstić information content (AvgIpc) is 3.03. The second-order valence-electron chi connectivity index (χ2n) is 6.14. The Balaban J connectivity index is 1.48. The molecular weight excluding hydrogens is 268 g/mol. The third-order valence-corrected chi connectivity index (χ3v) is 5.76. The van der Waals surface area contributed by atoms with E-state index < -0.39 is 0 Å².